The van der Waals surface area contributed by atoms with Crippen molar-refractivity contribution < 1.29 is 18.3 Å². The molecule has 0 N–H and O–H groups in total. The third-order valence-corrected chi connectivity index (χ3v) is 2.27. The summed E-state index contributed by atoms with van der Waals surface area (Å²) in [4.78, 5) is 11.0. The van der Waals surface area contributed by atoms with Gasteiger partial charge in [-0.2, -0.15) is 0 Å². The van der Waals surface area contributed by atoms with Crippen molar-refractivity contribution in [2.24, 2.45) is 5.92 Å². The molecule has 0 aliphatic rings. The van der Waals surface area contributed by atoms with Crippen LogP contribution in [0.2, 0.25) is 0 Å². The molecule has 0 aromatic rings. The third-order valence-electron chi connectivity index (χ3n) is 2.27. The Balaban J connectivity index is 3.87. The van der Waals surface area contributed by atoms with Crippen LogP contribution in [0.5, 0.6) is 0 Å². The Morgan fingerprint density at radius 1 is 1.27 bits per heavy atom. The van der Waals surface area contributed by atoms with Crippen molar-refractivity contribution in [3.8, 4) is 0 Å². The van der Waals surface area contributed by atoms with E-state index in [1.807, 2.05) is 6.92 Å². The molecule has 0 saturated carbocycles. The van der Waals surface area contributed by atoms with Crippen LogP contribution in [0.1, 0.15) is 46.0 Å². The molecule has 2 nitrogen and oxygen atoms in total. The Bertz CT molecular complexity index is 172. The Kier molecular flexibility index (Phi) is 8.24. The first-order valence-corrected chi connectivity index (χ1v) is 5.55. The molecule has 0 aromatic heterocycles. The van der Waals surface area contributed by atoms with E-state index in [1.54, 1.807) is 6.92 Å². The summed E-state index contributed by atoms with van der Waals surface area (Å²) in [7, 11) is 0. The van der Waals surface area contributed by atoms with Crippen LogP contribution in [-0.4, -0.2) is 19.0 Å². The molecule has 0 saturated heterocycles. The van der Waals surface area contributed by atoms with Gasteiger partial charge in [0.2, 0.25) is 6.43 Å². The molecule has 90 valence electrons. The first-order chi connectivity index (χ1) is 7.11. The number of halogens is 2. The summed E-state index contributed by atoms with van der Waals surface area (Å²) in [6.07, 6.45) is 0.512. The van der Waals surface area contributed by atoms with Gasteiger partial charge in [-0.15, -0.1) is 0 Å². The van der Waals surface area contributed by atoms with E-state index in [0.717, 1.165) is 19.3 Å². The van der Waals surface area contributed by atoms with E-state index < -0.39 is 18.3 Å². The van der Waals surface area contributed by atoms with Gasteiger partial charge in [0, 0.05) is 5.92 Å². The summed E-state index contributed by atoms with van der Waals surface area (Å²) in [5.41, 5.74) is 0. The average molecular weight is 222 g/mol. The molecular weight excluding hydrogens is 202 g/mol. The first-order valence-electron chi connectivity index (χ1n) is 5.55. The van der Waals surface area contributed by atoms with Crippen molar-refractivity contribution in [2.75, 3.05) is 6.61 Å². The number of ether oxygens (including phenoxy) is 1. The van der Waals surface area contributed by atoms with Crippen molar-refractivity contribution >= 4 is 5.97 Å². The monoisotopic (exact) mass is 222 g/mol. The summed E-state index contributed by atoms with van der Waals surface area (Å²) >= 11 is 0. The van der Waals surface area contributed by atoms with Crippen molar-refractivity contribution in [1.29, 1.82) is 0 Å². The number of esters is 1. The molecular formula is C11H20F2O2. The molecule has 0 rings (SSSR count). The summed E-state index contributed by atoms with van der Waals surface area (Å²) in [5.74, 6) is -1.35. The molecule has 0 aromatic carbocycles. The van der Waals surface area contributed by atoms with Gasteiger partial charge in [0.05, 0.1) is 13.0 Å². The molecule has 0 aliphatic carbocycles. The number of carbonyl (C=O) groups excluding carboxylic acids is 1. The van der Waals surface area contributed by atoms with E-state index in [9.17, 15) is 13.6 Å². The van der Waals surface area contributed by atoms with Gasteiger partial charge in [0.25, 0.3) is 0 Å². The highest BCUT2D eigenvalue weighted by Crippen LogP contribution is 2.21. The lowest BCUT2D eigenvalue weighted by molar-refractivity contribution is -0.145. The van der Waals surface area contributed by atoms with Crippen molar-refractivity contribution in [3.63, 3.8) is 0 Å². The van der Waals surface area contributed by atoms with Crippen LogP contribution in [0.4, 0.5) is 8.78 Å². The largest absolute Gasteiger partial charge is 0.466 e. The number of carbonyl (C=O) groups is 1. The van der Waals surface area contributed by atoms with E-state index in [1.165, 1.54) is 0 Å². The molecule has 0 unspecified atom stereocenters. The van der Waals surface area contributed by atoms with Crippen molar-refractivity contribution in [2.45, 2.75) is 52.4 Å². The van der Waals surface area contributed by atoms with Crippen LogP contribution in [-0.2, 0) is 9.53 Å². The fourth-order valence-corrected chi connectivity index (χ4v) is 1.41. The average Bonchev–Trinajstić information content (AvgIpc) is 2.16. The Labute approximate surface area is 90.0 Å². The zero-order chi connectivity index (χ0) is 11.7. The molecule has 4 heteroatoms. The fourth-order valence-electron chi connectivity index (χ4n) is 1.41. The molecule has 0 aliphatic heterocycles. The topological polar surface area (TPSA) is 26.3 Å². The second-order valence-electron chi connectivity index (χ2n) is 3.60. The van der Waals surface area contributed by atoms with Crippen LogP contribution < -0.4 is 0 Å². The lowest BCUT2D eigenvalue weighted by atomic mass is 9.98. The molecule has 1 atom stereocenters. The van der Waals surface area contributed by atoms with Gasteiger partial charge in [0.1, 0.15) is 0 Å². The molecule has 15 heavy (non-hydrogen) atoms. The molecule has 0 heterocycles. The van der Waals surface area contributed by atoms with Crippen LogP contribution in [0.3, 0.4) is 0 Å². The lowest BCUT2D eigenvalue weighted by Gasteiger charge is -2.14. The lowest BCUT2D eigenvalue weighted by Crippen LogP contribution is -2.18. The molecule has 0 fully saturated rings. The van der Waals surface area contributed by atoms with E-state index in [2.05, 4.69) is 4.74 Å². The maximum absolute atomic E-state index is 12.5. The zero-order valence-corrected chi connectivity index (χ0v) is 9.47. The maximum atomic E-state index is 12.5. The van der Waals surface area contributed by atoms with Gasteiger partial charge in [-0.3, -0.25) is 4.79 Å². The highest BCUT2D eigenvalue weighted by Gasteiger charge is 2.23. The van der Waals surface area contributed by atoms with E-state index in [0.29, 0.717) is 6.42 Å². The quantitative estimate of drug-likeness (QED) is 0.464. The second-order valence-corrected chi connectivity index (χ2v) is 3.60. The maximum Gasteiger partial charge on any atom is 0.306 e. The normalized spacial score (nSPS) is 12.9. The Morgan fingerprint density at radius 2 is 1.93 bits per heavy atom. The molecule has 0 bridgehead atoms. The number of rotatable bonds is 8. The minimum atomic E-state index is -2.42. The van der Waals surface area contributed by atoms with Gasteiger partial charge in [0.15, 0.2) is 0 Å². The fraction of sp³-hybridized carbons (Fsp3) is 0.909. The Hall–Kier alpha value is -0.670. The highest BCUT2D eigenvalue weighted by molar-refractivity contribution is 5.69. The number of hydrogen-bond donors (Lipinski definition) is 0. The standard InChI is InChI=1S/C11H20F2O2/c1-3-5-6-7-9(11(12)13)8-10(14)15-4-2/h9,11H,3-8H2,1-2H3/t9-/m0/s1. The highest BCUT2D eigenvalue weighted by atomic mass is 19.3. The van der Waals surface area contributed by atoms with Crippen molar-refractivity contribution in [1.82, 2.24) is 0 Å². The van der Waals surface area contributed by atoms with Gasteiger partial charge < -0.3 is 4.74 Å². The third kappa shape index (κ3) is 7.28. The van der Waals surface area contributed by atoms with E-state index in [4.69, 9.17) is 0 Å². The van der Waals surface area contributed by atoms with Crippen molar-refractivity contribution in [3.05, 3.63) is 0 Å². The van der Waals surface area contributed by atoms with E-state index in [-0.39, 0.29) is 13.0 Å². The number of alkyl halides is 2. The van der Waals surface area contributed by atoms with Gasteiger partial charge >= 0.3 is 5.97 Å². The minimum absolute atomic E-state index is 0.158. The van der Waals surface area contributed by atoms with Gasteiger partial charge in [-0.1, -0.05) is 26.2 Å². The van der Waals surface area contributed by atoms with E-state index >= 15 is 0 Å². The van der Waals surface area contributed by atoms with Gasteiger partial charge in [-0.05, 0) is 13.3 Å². The zero-order valence-electron chi connectivity index (χ0n) is 9.47. The SMILES string of the molecule is CCCCC[C@@H](CC(=O)OCC)C(F)F. The van der Waals surface area contributed by atoms with Crippen LogP contribution in [0, 0.1) is 5.92 Å². The summed E-state index contributed by atoms with van der Waals surface area (Å²) in [5, 5.41) is 0. The predicted octanol–water partition coefficient (Wildman–Crippen LogP) is 3.40. The van der Waals surface area contributed by atoms with Crippen LogP contribution >= 0.6 is 0 Å². The molecule has 0 amide bonds. The second kappa shape index (κ2) is 8.62. The smallest absolute Gasteiger partial charge is 0.306 e. The summed E-state index contributed by atoms with van der Waals surface area (Å²) in [6, 6.07) is 0. The predicted molar refractivity (Wildman–Crippen MR) is 54.9 cm³/mol. The number of unbranched alkanes of at least 4 members (excludes halogenated alkanes) is 2. The number of hydrogen-bond acceptors (Lipinski definition) is 2. The van der Waals surface area contributed by atoms with Crippen LogP contribution in [0.25, 0.3) is 0 Å². The minimum Gasteiger partial charge on any atom is -0.466 e. The summed E-state index contributed by atoms with van der Waals surface area (Å²) in [6.45, 7) is 3.94. The Morgan fingerprint density at radius 3 is 2.40 bits per heavy atom. The molecule has 0 radical (unpaired) electrons. The van der Waals surface area contributed by atoms with Gasteiger partial charge in [-0.25, -0.2) is 8.78 Å². The van der Waals surface area contributed by atoms with Crippen LogP contribution in [0.15, 0.2) is 0 Å². The molecule has 0 spiro atoms. The first kappa shape index (κ1) is 14.3. The summed E-state index contributed by atoms with van der Waals surface area (Å²) < 4.78 is 29.7.